The van der Waals surface area contributed by atoms with E-state index in [-0.39, 0.29) is 24.9 Å². The number of sulfonamides is 1. The molecule has 11 nitrogen and oxygen atoms in total. The highest BCUT2D eigenvalue weighted by Gasteiger charge is 2.32. The highest BCUT2D eigenvalue weighted by atomic mass is 32.2. The summed E-state index contributed by atoms with van der Waals surface area (Å²) >= 11 is 0. The van der Waals surface area contributed by atoms with Crippen LogP contribution in [0.4, 0.5) is 26.0 Å². The number of amides is 1. The Kier molecular flexibility index (Phi) is 9.30. The average Bonchev–Trinajstić information content (AvgIpc) is 3.37. The van der Waals surface area contributed by atoms with Crippen LogP contribution in [0.15, 0.2) is 41.3 Å². The summed E-state index contributed by atoms with van der Waals surface area (Å²) in [6.07, 6.45) is 1.92. The molecule has 0 aliphatic carbocycles. The van der Waals surface area contributed by atoms with E-state index < -0.39 is 32.5 Å². The van der Waals surface area contributed by atoms with Crippen molar-refractivity contribution in [3.05, 3.63) is 64.9 Å². The van der Waals surface area contributed by atoms with Gasteiger partial charge in [-0.3, -0.25) is 9.89 Å². The number of benzene rings is 2. The zero-order valence-corrected chi connectivity index (χ0v) is 25.3. The molecule has 1 amide bonds. The monoisotopic (exact) mass is 617 g/mol. The number of rotatable bonds is 10. The van der Waals surface area contributed by atoms with E-state index in [2.05, 4.69) is 30.6 Å². The molecule has 0 atom stereocenters. The van der Waals surface area contributed by atoms with Gasteiger partial charge in [0, 0.05) is 87.6 Å². The Labute approximate surface area is 250 Å². The maximum atomic E-state index is 13.8. The highest BCUT2D eigenvalue weighted by Crippen LogP contribution is 2.31. The Morgan fingerprint density at radius 1 is 1.09 bits per heavy atom. The number of nitrogens with zero attached hydrogens (tertiary/aromatic N) is 4. The van der Waals surface area contributed by atoms with Crippen molar-refractivity contribution in [2.75, 3.05) is 69.5 Å². The Bertz CT molecular complexity index is 1550. The Hall–Kier alpha value is -3.59. The summed E-state index contributed by atoms with van der Waals surface area (Å²) in [5.41, 5.74) is 3.24. The van der Waals surface area contributed by atoms with Gasteiger partial charge < -0.3 is 25.2 Å². The van der Waals surface area contributed by atoms with E-state index in [1.54, 1.807) is 6.07 Å². The molecule has 14 heteroatoms. The smallest absolute Gasteiger partial charge is 0.258 e. The molecule has 2 aliphatic heterocycles. The molecule has 0 saturated carbocycles. The van der Waals surface area contributed by atoms with Gasteiger partial charge in [0.25, 0.3) is 5.91 Å². The molecule has 232 valence electrons. The first-order valence-corrected chi connectivity index (χ1v) is 15.6. The van der Waals surface area contributed by atoms with Gasteiger partial charge in [0.05, 0.1) is 10.5 Å². The standard InChI is InChI=1S/C29H37F2N7O4S/c1-36(2)10-11-37(3)22-4-5-24(27(17-22)32-21-7-12-42-13-8-21)29(39)33-28-25-18-38(9-6-26(25)34-35-28)43(40,41)23-15-19(30)14-20(31)16-23/h4-5,14-17,21,32H,6-13,18H2,1-3H3,(H2,33,34,35,39). The zero-order chi connectivity index (χ0) is 30.7. The van der Waals surface area contributed by atoms with Crippen molar-refractivity contribution in [3.8, 4) is 0 Å². The van der Waals surface area contributed by atoms with Crippen LogP contribution in [-0.4, -0.2) is 93.8 Å². The van der Waals surface area contributed by atoms with Crippen LogP contribution < -0.4 is 15.5 Å². The molecule has 2 aromatic carbocycles. The number of fused-ring (bicyclic) bond motifs is 1. The normalized spacial score (nSPS) is 16.2. The largest absolute Gasteiger partial charge is 0.381 e. The van der Waals surface area contributed by atoms with Crippen LogP contribution in [0, 0.1) is 11.6 Å². The van der Waals surface area contributed by atoms with Crippen LogP contribution in [0.25, 0.3) is 0 Å². The van der Waals surface area contributed by atoms with E-state index in [9.17, 15) is 22.0 Å². The number of aromatic amines is 1. The van der Waals surface area contributed by atoms with Gasteiger partial charge in [-0.25, -0.2) is 17.2 Å². The lowest BCUT2D eigenvalue weighted by atomic mass is 10.1. The number of hydrogen-bond donors (Lipinski definition) is 3. The minimum absolute atomic E-state index is 0.0883. The second-order valence-electron chi connectivity index (χ2n) is 11.2. The fraction of sp³-hybridized carbons (Fsp3) is 0.448. The topological polar surface area (TPSA) is 123 Å². The summed E-state index contributed by atoms with van der Waals surface area (Å²) in [5, 5.41) is 13.5. The van der Waals surface area contributed by atoms with Crippen LogP contribution in [-0.2, 0) is 27.7 Å². The number of hydrogen-bond acceptors (Lipinski definition) is 8. The molecule has 1 aromatic heterocycles. The number of H-pyrrole nitrogens is 1. The van der Waals surface area contributed by atoms with Crippen LogP contribution in [0.1, 0.15) is 34.5 Å². The van der Waals surface area contributed by atoms with Gasteiger partial charge in [0.15, 0.2) is 5.82 Å². The molecule has 1 fully saturated rings. The summed E-state index contributed by atoms with van der Waals surface area (Å²) in [6.45, 7) is 2.92. The SMILES string of the molecule is CN(C)CCN(C)c1ccc(C(=O)Nc2n[nH]c3c2CN(S(=O)(=O)c2cc(F)cc(F)c2)CC3)c(NC2CCOCC2)c1. The van der Waals surface area contributed by atoms with Gasteiger partial charge in [0.1, 0.15) is 11.6 Å². The number of likely N-dealkylation sites (N-methyl/N-ethyl adjacent to an activating group) is 2. The Balaban J connectivity index is 1.38. The quantitative estimate of drug-likeness (QED) is 0.317. The van der Waals surface area contributed by atoms with Crippen LogP contribution >= 0.6 is 0 Å². The molecule has 2 aliphatic rings. The molecule has 5 rings (SSSR count). The summed E-state index contributed by atoms with van der Waals surface area (Å²) in [5.74, 6) is -2.16. The third kappa shape index (κ3) is 7.15. The molecule has 1 saturated heterocycles. The number of halogens is 2. The van der Waals surface area contributed by atoms with Gasteiger partial charge in [-0.05, 0) is 57.3 Å². The van der Waals surface area contributed by atoms with E-state index in [1.165, 1.54) is 0 Å². The second-order valence-corrected chi connectivity index (χ2v) is 13.1. The number of ether oxygens (including phenoxy) is 1. The van der Waals surface area contributed by atoms with Gasteiger partial charge in [-0.15, -0.1) is 0 Å². The molecule has 3 heterocycles. The molecule has 3 aromatic rings. The maximum Gasteiger partial charge on any atom is 0.258 e. The second kappa shape index (κ2) is 13.0. The first kappa shape index (κ1) is 30.9. The molecule has 3 N–H and O–H groups in total. The minimum Gasteiger partial charge on any atom is -0.381 e. The molecule has 0 unspecified atom stereocenters. The van der Waals surface area contributed by atoms with Crippen LogP contribution in [0.2, 0.25) is 0 Å². The van der Waals surface area contributed by atoms with Gasteiger partial charge in [-0.2, -0.15) is 9.40 Å². The van der Waals surface area contributed by atoms with Crippen molar-refractivity contribution < 1.29 is 26.7 Å². The zero-order valence-electron chi connectivity index (χ0n) is 24.5. The number of nitrogens with one attached hydrogen (secondary N) is 3. The van der Waals surface area contributed by atoms with Crippen molar-refractivity contribution in [1.82, 2.24) is 19.4 Å². The van der Waals surface area contributed by atoms with Gasteiger partial charge in [-0.1, -0.05) is 0 Å². The van der Waals surface area contributed by atoms with Crippen molar-refractivity contribution >= 4 is 33.1 Å². The molecule has 0 bridgehead atoms. The lowest BCUT2D eigenvalue weighted by Crippen LogP contribution is -2.36. The van der Waals surface area contributed by atoms with E-state index in [0.717, 1.165) is 48.1 Å². The Morgan fingerprint density at radius 2 is 1.81 bits per heavy atom. The van der Waals surface area contributed by atoms with E-state index in [0.29, 0.717) is 48.2 Å². The highest BCUT2D eigenvalue weighted by molar-refractivity contribution is 7.89. The van der Waals surface area contributed by atoms with E-state index in [1.807, 2.05) is 33.3 Å². The molecule has 43 heavy (non-hydrogen) atoms. The number of aromatic nitrogens is 2. The van der Waals surface area contributed by atoms with Crippen molar-refractivity contribution in [2.45, 2.75) is 36.7 Å². The van der Waals surface area contributed by atoms with Gasteiger partial charge >= 0.3 is 0 Å². The summed E-state index contributed by atoms with van der Waals surface area (Å²) in [4.78, 5) is 17.4. The summed E-state index contributed by atoms with van der Waals surface area (Å²) in [7, 11) is 1.84. The number of carbonyl (C=O) groups excluding carboxylic acids is 1. The fourth-order valence-electron chi connectivity index (χ4n) is 5.21. The molecular formula is C29H37F2N7O4S. The van der Waals surface area contributed by atoms with Crippen LogP contribution in [0.3, 0.4) is 0 Å². The third-order valence-electron chi connectivity index (χ3n) is 7.76. The average molecular weight is 618 g/mol. The molecule has 0 spiro atoms. The third-order valence-corrected chi connectivity index (χ3v) is 9.58. The maximum absolute atomic E-state index is 13.8. The first-order chi connectivity index (χ1) is 20.5. The minimum atomic E-state index is -4.20. The lowest BCUT2D eigenvalue weighted by Gasteiger charge is -2.27. The summed E-state index contributed by atoms with van der Waals surface area (Å²) < 4.78 is 60.7. The van der Waals surface area contributed by atoms with Crippen molar-refractivity contribution in [1.29, 1.82) is 0 Å². The number of carbonyl (C=O) groups is 1. The predicted octanol–water partition coefficient (Wildman–Crippen LogP) is 3.28. The fourth-order valence-corrected chi connectivity index (χ4v) is 6.66. The predicted molar refractivity (Wildman–Crippen MR) is 160 cm³/mol. The van der Waals surface area contributed by atoms with Crippen molar-refractivity contribution in [2.24, 2.45) is 0 Å². The lowest BCUT2D eigenvalue weighted by molar-refractivity contribution is 0.0904. The van der Waals surface area contributed by atoms with Crippen LogP contribution in [0.5, 0.6) is 0 Å². The van der Waals surface area contributed by atoms with Crippen molar-refractivity contribution in [3.63, 3.8) is 0 Å². The number of anilines is 3. The first-order valence-electron chi connectivity index (χ1n) is 14.2. The van der Waals surface area contributed by atoms with E-state index in [4.69, 9.17) is 4.74 Å². The molecular weight excluding hydrogens is 580 g/mol. The van der Waals surface area contributed by atoms with Gasteiger partial charge in [0.2, 0.25) is 10.0 Å². The van der Waals surface area contributed by atoms with E-state index >= 15 is 0 Å². The Morgan fingerprint density at radius 3 is 2.51 bits per heavy atom. The molecule has 0 radical (unpaired) electrons. The summed E-state index contributed by atoms with van der Waals surface area (Å²) in [6, 6.07) is 7.98.